The van der Waals surface area contributed by atoms with Crippen molar-refractivity contribution in [2.24, 2.45) is 0 Å². The number of carboxylic acid groups (broad SMARTS) is 1. The molecule has 0 atom stereocenters. The van der Waals surface area contributed by atoms with Gasteiger partial charge in [-0.3, -0.25) is 14.9 Å². The van der Waals surface area contributed by atoms with Gasteiger partial charge in [0.1, 0.15) is 0 Å². The van der Waals surface area contributed by atoms with E-state index in [1.807, 2.05) is 0 Å². The molecule has 0 aliphatic rings. The quantitative estimate of drug-likeness (QED) is 0.373. The molecule has 0 unspecified atom stereocenters. The number of nitro groups is 1. The number of aldehydes is 1. The van der Waals surface area contributed by atoms with Crippen LogP contribution in [0.15, 0.2) is 18.2 Å². The van der Waals surface area contributed by atoms with Gasteiger partial charge >= 0.3 is 11.7 Å². The van der Waals surface area contributed by atoms with Crippen LogP contribution in [-0.4, -0.2) is 22.3 Å². The van der Waals surface area contributed by atoms with Crippen molar-refractivity contribution in [3.05, 3.63) is 45.3 Å². The molecule has 0 amide bonds. The third-order valence-electron chi connectivity index (χ3n) is 1.89. The Morgan fingerprint density at radius 1 is 1.41 bits per heavy atom. The van der Waals surface area contributed by atoms with E-state index in [0.29, 0.717) is 6.08 Å². The van der Waals surface area contributed by atoms with Crippen molar-refractivity contribution in [1.82, 2.24) is 0 Å². The molecule has 0 aliphatic heterocycles. The summed E-state index contributed by atoms with van der Waals surface area (Å²) in [6.07, 6.45) is 1.67. The number of nitro benzene ring substituents is 1. The summed E-state index contributed by atoms with van der Waals surface area (Å²) in [5.41, 5.74) is -1.60. The summed E-state index contributed by atoms with van der Waals surface area (Å²) in [4.78, 5) is 30.3. The van der Waals surface area contributed by atoms with Crippen molar-refractivity contribution in [2.75, 3.05) is 0 Å². The molecule has 0 heterocycles. The second-order valence-electron chi connectivity index (χ2n) is 2.95. The third-order valence-corrected chi connectivity index (χ3v) is 1.89. The van der Waals surface area contributed by atoms with Crippen molar-refractivity contribution in [3.63, 3.8) is 0 Å². The number of hydrogen-bond acceptors (Lipinski definition) is 4. The predicted octanol–water partition coefficient (Wildman–Crippen LogP) is 1.64. The zero-order valence-corrected chi connectivity index (χ0v) is 8.29. The van der Waals surface area contributed by atoms with Crippen LogP contribution in [0.3, 0.4) is 0 Å². The first kappa shape index (κ1) is 12.5. The number of hydrogen-bond donors (Lipinski definition) is 1. The second kappa shape index (κ2) is 4.97. The van der Waals surface area contributed by atoms with E-state index in [-0.39, 0.29) is 11.8 Å². The van der Waals surface area contributed by atoms with E-state index in [0.717, 1.165) is 18.2 Å². The average molecular weight is 239 g/mol. The lowest BCUT2D eigenvalue weighted by atomic mass is 10.1. The Morgan fingerprint density at radius 3 is 2.47 bits per heavy atom. The van der Waals surface area contributed by atoms with Gasteiger partial charge < -0.3 is 5.11 Å². The van der Waals surface area contributed by atoms with Crippen molar-refractivity contribution in [2.45, 2.75) is 0 Å². The Kier molecular flexibility index (Phi) is 3.66. The maximum Gasteiger partial charge on any atom is 0.328 e. The molecular weight excluding hydrogens is 233 g/mol. The van der Waals surface area contributed by atoms with Gasteiger partial charge in [0.15, 0.2) is 6.29 Å². The molecule has 0 aromatic heterocycles. The van der Waals surface area contributed by atoms with Crippen LogP contribution in [0.1, 0.15) is 15.9 Å². The van der Waals surface area contributed by atoms with Gasteiger partial charge in [-0.2, -0.15) is 4.39 Å². The van der Waals surface area contributed by atoms with E-state index in [2.05, 4.69) is 0 Å². The minimum Gasteiger partial charge on any atom is -0.478 e. The molecule has 6 nitrogen and oxygen atoms in total. The highest BCUT2D eigenvalue weighted by Gasteiger charge is 2.21. The average Bonchev–Trinajstić information content (AvgIpc) is 2.25. The molecule has 1 N–H and O–H groups in total. The molecule has 1 aromatic carbocycles. The molecule has 17 heavy (non-hydrogen) atoms. The summed E-state index contributed by atoms with van der Waals surface area (Å²) >= 11 is 0. The molecular formula is C10H6FNO5. The Morgan fingerprint density at radius 2 is 2.00 bits per heavy atom. The van der Waals surface area contributed by atoms with Gasteiger partial charge in [-0.05, 0) is 18.2 Å². The smallest absolute Gasteiger partial charge is 0.328 e. The minimum absolute atomic E-state index is 0.146. The molecule has 0 saturated heterocycles. The number of carbonyl (C=O) groups excluding carboxylic acids is 1. The van der Waals surface area contributed by atoms with E-state index in [9.17, 15) is 24.1 Å². The molecule has 0 bridgehead atoms. The van der Waals surface area contributed by atoms with Crippen molar-refractivity contribution in [1.29, 1.82) is 0 Å². The number of benzene rings is 1. The summed E-state index contributed by atoms with van der Waals surface area (Å²) in [5, 5.41) is 19.0. The van der Waals surface area contributed by atoms with Crippen molar-refractivity contribution in [3.8, 4) is 0 Å². The highest BCUT2D eigenvalue weighted by molar-refractivity contribution is 5.87. The van der Waals surface area contributed by atoms with Crippen LogP contribution in [0.25, 0.3) is 6.08 Å². The van der Waals surface area contributed by atoms with Crippen LogP contribution in [0, 0.1) is 15.9 Å². The normalized spacial score (nSPS) is 10.4. The fraction of sp³-hybridized carbons (Fsp3) is 0. The zero-order valence-electron chi connectivity index (χ0n) is 8.29. The zero-order chi connectivity index (χ0) is 13.0. The minimum atomic E-state index is -1.32. The van der Waals surface area contributed by atoms with Gasteiger partial charge in [-0.15, -0.1) is 0 Å². The topological polar surface area (TPSA) is 97.5 Å². The Labute approximate surface area is 94.1 Å². The fourth-order valence-electron chi connectivity index (χ4n) is 1.17. The Bertz CT molecular complexity index is 524. The maximum absolute atomic E-state index is 13.5. The third kappa shape index (κ3) is 2.71. The molecule has 0 radical (unpaired) electrons. The van der Waals surface area contributed by atoms with Gasteiger partial charge in [0, 0.05) is 6.08 Å². The largest absolute Gasteiger partial charge is 0.478 e. The Hall–Kier alpha value is -2.57. The van der Waals surface area contributed by atoms with Crippen molar-refractivity contribution < 1.29 is 24.0 Å². The van der Waals surface area contributed by atoms with Crippen LogP contribution >= 0.6 is 0 Å². The molecule has 0 fully saturated rings. The molecule has 88 valence electrons. The number of rotatable bonds is 4. The van der Waals surface area contributed by atoms with Crippen LogP contribution in [0.2, 0.25) is 0 Å². The molecule has 0 aliphatic carbocycles. The molecule has 1 rings (SSSR count). The summed E-state index contributed by atoms with van der Waals surface area (Å²) in [5.74, 6) is -2.60. The van der Waals surface area contributed by atoms with E-state index in [1.165, 1.54) is 0 Å². The SMILES string of the molecule is O=Cc1ccc(/C=C/C(=O)O)c([N+](=O)[O-])c1F. The summed E-state index contributed by atoms with van der Waals surface area (Å²) in [6.45, 7) is 0. The summed E-state index contributed by atoms with van der Waals surface area (Å²) < 4.78 is 13.5. The monoisotopic (exact) mass is 239 g/mol. The van der Waals surface area contributed by atoms with E-state index in [4.69, 9.17) is 5.11 Å². The standard InChI is InChI=1S/C10H6FNO5/c11-9-7(5-13)2-1-6(3-4-8(14)15)10(9)12(16)17/h1-5H,(H,14,15)/b4-3+. The highest BCUT2D eigenvalue weighted by atomic mass is 19.1. The predicted molar refractivity (Wildman–Crippen MR) is 55.1 cm³/mol. The molecule has 1 aromatic rings. The van der Waals surface area contributed by atoms with Gasteiger partial charge in [0.2, 0.25) is 5.82 Å². The van der Waals surface area contributed by atoms with Crippen LogP contribution < -0.4 is 0 Å². The highest BCUT2D eigenvalue weighted by Crippen LogP contribution is 2.25. The first-order valence-corrected chi connectivity index (χ1v) is 4.30. The number of aliphatic carboxylic acids is 1. The number of halogens is 1. The lowest BCUT2D eigenvalue weighted by Crippen LogP contribution is -2.00. The van der Waals surface area contributed by atoms with E-state index < -0.39 is 28.0 Å². The van der Waals surface area contributed by atoms with Crippen LogP contribution in [0.4, 0.5) is 10.1 Å². The molecule has 0 spiro atoms. The van der Waals surface area contributed by atoms with Crippen molar-refractivity contribution >= 4 is 24.0 Å². The number of carboxylic acids is 1. The lowest BCUT2D eigenvalue weighted by molar-refractivity contribution is -0.387. The van der Waals surface area contributed by atoms with Gasteiger partial charge in [0.05, 0.1) is 16.1 Å². The first-order chi connectivity index (χ1) is 7.97. The van der Waals surface area contributed by atoms with Gasteiger partial charge in [-0.1, -0.05) is 0 Å². The maximum atomic E-state index is 13.5. The number of nitrogens with zero attached hydrogens (tertiary/aromatic N) is 1. The van der Waals surface area contributed by atoms with E-state index in [1.54, 1.807) is 0 Å². The summed E-state index contributed by atoms with van der Waals surface area (Å²) in [6, 6.07) is 2.14. The first-order valence-electron chi connectivity index (χ1n) is 4.30. The summed E-state index contributed by atoms with van der Waals surface area (Å²) in [7, 11) is 0. The Balaban J connectivity index is 3.41. The molecule has 0 saturated carbocycles. The number of carbonyl (C=O) groups is 2. The van der Waals surface area contributed by atoms with Crippen LogP contribution in [-0.2, 0) is 4.79 Å². The van der Waals surface area contributed by atoms with Gasteiger partial charge in [-0.25, -0.2) is 4.79 Å². The fourth-order valence-corrected chi connectivity index (χ4v) is 1.17. The van der Waals surface area contributed by atoms with E-state index >= 15 is 0 Å². The lowest BCUT2D eigenvalue weighted by Gasteiger charge is -2.00. The molecule has 7 heteroatoms. The van der Waals surface area contributed by atoms with Crippen LogP contribution in [0.5, 0.6) is 0 Å². The second-order valence-corrected chi connectivity index (χ2v) is 2.95. The van der Waals surface area contributed by atoms with Gasteiger partial charge in [0.25, 0.3) is 0 Å².